The monoisotopic (exact) mass is 329 g/mol. The van der Waals surface area contributed by atoms with Crippen molar-refractivity contribution in [3.05, 3.63) is 42.1 Å². The van der Waals surface area contributed by atoms with Crippen LogP contribution < -0.4 is 5.32 Å². The molecule has 1 amide bonds. The Hall–Kier alpha value is -2.18. The first kappa shape index (κ1) is 16.7. The zero-order valence-corrected chi connectivity index (χ0v) is 13.6. The van der Waals surface area contributed by atoms with Gasteiger partial charge in [0, 0.05) is 31.3 Å². The van der Waals surface area contributed by atoms with E-state index < -0.39 is 0 Å². The van der Waals surface area contributed by atoms with Gasteiger partial charge in [-0.2, -0.15) is 0 Å². The summed E-state index contributed by atoms with van der Waals surface area (Å²) in [5.41, 5.74) is 1.20. The Balaban J connectivity index is 1.42. The largest absolute Gasteiger partial charge is 0.393 e. The summed E-state index contributed by atoms with van der Waals surface area (Å²) in [6.07, 6.45) is 2.42. The molecule has 0 bridgehead atoms. The smallest absolute Gasteiger partial charge is 0.273 e. The van der Waals surface area contributed by atoms with E-state index in [-0.39, 0.29) is 12.0 Å². The van der Waals surface area contributed by atoms with Crippen molar-refractivity contribution >= 4 is 5.91 Å². The van der Waals surface area contributed by atoms with E-state index >= 15 is 0 Å². The van der Waals surface area contributed by atoms with Crippen molar-refractivity contribution < 1.29 is 14.4 Å². The molecule has 0 radical (unpaired) electrons. The maximum Gasteiger partial charge on any atom is 0.273 e. The normalized spacial score (nSPS) is 16.2. The van der Waals surface area contributed by atoms with Crippen molar-refractivity contribution in [2.45, 2.75) is 25.4 Å². The lowest BCUT2D eigenvalue weighted by Crippen LogP contribution is -2.37. The lowest BCUT2D eigenvalue weighted by atomic mass is 10.1. The second-order valence-corrected chi connectivity index (χ2v) is 6.12. The number of benzene rings is 1. The number of rotatable bonds is 6. The summed E-state index contributed by atoms with van der Waals surface area (Å²) in [6, 6.07) is 11.2. The van der Waals surface area contributed by atoms with Crippen molar-refractivity contribution in [3.8, 4) is 11.3 Å². The van der Waals surface area contributed by atoms with Crippen molar-refractivity contribution in [2.24, 2.45) is 0 Å². The van der Waals surface area contributed by atoms with Gasteiger partial charge in [-0.25, -0.2) is 0 Å². The van der Waals surface area contributed by atoms with E-state index in [0.717, 1.165) is 44.5 Å². The number of likely N-dealkylation sites (tertiary alicyclic amines) is 1. The van der Waals surface area contributed by atoms with Crippen molar-refractivity contribution in [3.63, 3.8) is 0 Å². The molecule has 1 aromatic heterocycles. The molecule has 6 nitrogen and oxygen atoms in total. The van der Waals surface area contributed by atoms with Crippen LogP contribution in [0.1, 0.15) is 29.8 Å². The Morgan fingerprint density at radius 2 is 2.04 bits per heavy atom. The van der Waals surface area contributed by atoms with Crippen molar-refractivity contribution in [1.82, 2.24) is 15.4 Å². The van der Waals surface area contributed by atoms with Gasteiger partial charge in [0.2, 0.25) is 0 Å². The van der Waals surface area contributed by atoms with Crippen LogP contribution in [-0.2, 0) is 0 Å². The molecule has 3 rings (SSSR count). The van der Waals surface area contributed by atoms with Crippen LogP contribution in [0.3, 0.4) is 0 Å². The first-order chi connectivity index (χ1) is 11.7. The number of piperidine rings is 1. The lowest BCUT2D eigenvalue weighted by Gasteiger charge is -2.29. The molecule has 0 spiro atoms. The van der Waals surface area contributed by atoms with Crippen molar-refractivity contribution in [1.29, 1.82) is 0 Å². The summed E-state index contributed by atoms with van der Waals surface area (Å²) in [5, 5.41) is 16.2. The molecule has 0 aliphatic carbocycles. The number of amides is 1. The third-order valence-corrected chi connectivity index (χ3v) is 4.29. The summed E-state index contributed by atoms with van der Waals surface area (Å²) in [6.45, 7) is 3.39. The van der Waals surface area contributed by atoms with E-state index in [4.69, 9.17) is 4.52 Å². The first-order valence-electron chi connectivity index (χ1n) is 8.43. The van der Waals surface area contributed by atoms with Crippen LogP contribution in [0.5, 0.6) is 0 Å². The van der Waals surface area contributed by atoms with Crippen LogP contribution in [0, 0.1) is 0 Å². The SMILES string of the molecule is O=C(NCCCN1CCC(O)CC1)c1cc(-c2ccccc2)on1. The van der Waals surface area contributed by atoms with Crippen LogP contribution in [0.4, 0.5) is 0 Å². The highest BCUT2D eigenvalue weighted by Crippen LogP contribution is 2.19. The van der Waals surface area contributed by atoms with Crippen LogP contribution in [0.15, 0.2) is 40.9 Å². The molecule has 2 aromatic rings. The number of carbonyl (C=O) groups is 1. The van der Waals surface area contributed by atoms with E-state index in [0.29, 0.717) is 18.0 Å². The summed E-state index contributed by atoms with van der Waals surface area (Å²) in [5.74, 6) is 0.377. The molecular formula is C18H23N3O3. The standard InChI is InChI=1S/C18H23N3O3/c22-15-7-11-21(12-8-15)10-4-9-19-18(23)16-13-17(24-20-16)14-5-2-1-3-6-14/h1-3,5-6,13,15,22H,4,7-12H2,(H,19,23). The molecule has 2 N–H and O–H groups in total. The van der Waals surface area contributed by atoms with Gasteiger partial charge in [-0.1, -0.05) is 35.5 Å². The molecule has 6 heteroatoms. The first-order valence-corrected chi connectivity index (χ1v) is 8.43. The topological polar surface area (TPSA) is 78.6 Å². The van der Waals surface area contributed by atoms with Gasteiger partial charge in [0.15, 0.2) is 11.5 Å². The summed E-state index contributed by atoms with van der Waals surface area (Å²) >= 11 is 0. The van der Waals surface area contributed by atoms with Gasteiger partial charge in [0.05, 0.1) is 6.10 Å². The number of aliphatic hydroxyl groups is 1. The second kappa shape index (κ2) is 8.08. The predicted molar refractivity (Wildman–Crippen MR) is 90.6 cm³/mol. The van der Waals surface area contributed by atoms with E-state index in [9.17, 15) is 9.90 Å². The molecular weight excluding hydrogens is 306 g/mol. The van der Waals surface area contributed by atoms with Crippen molar-refractivity contribution in [2.75, 3.05) is 26.2 Å². The molecule has 1 fully saturated rings. The Morgan fingerprint density at radius 1 is 1.29 bits per heavy atom. The predicted octanol–water partition coefficient (Wildman–Crippen LogP) is 1.92. The van der Waals surface area contributed by atoms with Gasteiger partial charge >= 0.3 is 0 Å². The minimum absolute atomic E-state index is 0.146. The van der Waals surface area contributed by atoms with Crippen LogP contribution in [0.25, 0.3) is 11.3 Å². The summed E-state index contributed by atoms with van der Waals surface area (Å²) in [7, 11) is 0. The maximum absolute atomic E-state index is 12.1. The molecule has 2 heterocycles. The third-order valence-electron chi connectivity index (χ3n) is 4.29. The maximum atomic E-state index is 12.1. The fourth-order valence-corrected chi connectivity index (χ4v) is 2.86. The number of carbonyl (C=O) groups excluding carboxylic acids is 1. The highest BCUT2D eigenvalue weighted by molar-refractivity contribution is 5.93. The minimum Gasteiger partial charge on any atom is -0.393 e. The molecule has 0 unspecified atom stereocenters. The van der Waals surface area contributed by atoms with E-state index in [2.05, 4.69) is 15.4 Å². The molecule has 0 atom stereocenters. The summed E-state index contributed by atoms with van der Waals surface area (Å²) < 4.78 is 5.24. The van der Waals surface area contributed by atoms with Crippen LogP contribution >= 0.6 is 0 Å². The van der Waals surface area contributed by atoms with Gasteiger partial charge in [-0.3, -0.25) is 4.79 Å². The molecule has 1 saturated heterocycles. The number of aliphatic hydroxyl groups excluding tert-OH is 1. The van der Waals surface area contributed by atoms with E-state index in [1.165, 1.54) is 0 Å². The number of aromatic nitrogens is 1. The zero-order valence-electron chi connectivity index (χ0n) is 13.6. The average Bonchev–Trinajstić information content (AvgIpc) is 3.11. The fraction of sp³-hybridized carbons (Fsp3) is 0.444. The third kappa shape index (κ3) is 4.43. The quantitative estimate of drug-likeness (QED) is 0.792. The highest BCUT2D eigenvalue weighted by atomic mass is 16.5. The van der Waals surface area contributed by atoms with Gasteiger partial charge in [-0.05, 0) is 25.8 Å². The van der Waals surface area contributed by atoms with Gasteiger partial charge in [0.1, 0.15) is 0 Å². The Bertz CT molecular complexity index is 649. The Morgan fingerprint density at radius 3 is 2.79 bits per heavy atom. The van der Waals surface area contributed by atoms with Crippen LogP contribution in [-0.4, -0.2) is 53.4 Å². The van der Waals surface area contributed by atoms with E-state index in [1.807, 2.05) is 30.3 Å². The van der Waals surface area contributed by atoms with E-state index in [1.54, 1.807) is 6.07 Å². The molecule has 128 valence electrons. The highest BCUT2D eigenvalue weighted by Gasteiger charge is 2.17. The second-order valence-electron chi connectivity index (χ2n) is 6.12. The minimum atomic E-state index is -0.213. The zero-order chi connectivity index (χ0) is 16.8. The lowest BCUT2D eigenvalue weighted by molar-refractivity contribution is 0.0816. The van der Waals surface area contributed by atoms with Gasteiger partial charge < -0.3 is 19.8 Å². The molecule has 1 aliphatic heterocycles. The number of hydrogen-bond donors (Lipinski definition) is 2. The van der Waals surface area contributed by atoms with Gasteiger partial charge in [0.25, 0.3) is 5.91 Å². The molecule has 1 aliphatic rings. The number of nitrogens with zero attached hydrogens (tertiary/aromatic N) is 2. The summed E-state index contributed by atoms with van der Waals surface area (Å²) in [4.78, 5) is 14.4. The molecule has 24 heavy (non-hydrogen) atoms. The number of nitrogens with one attached hydrogen (secondary N) is 1. The average molecular weight is 329 g/mol. The van der Waals surface area contributed by atoms with Gasteiger partial charge in [-0.15, -0.1) is 0 Å². The Kier molecular flexibility index (Phi) is 5.61. The Labute approximate surface area is 141 Å². The van der Waals surface area contributed by atoms with Crippen LogP contribution in [0.2, 0.25) is 0 Å². The molecule has 0 saturated carbocycles. The fourth-order valence-electron chi connectivity index (χ4n) is 2.86. The number of hydrogen-bond acceptors (Lipinski definition) is 5. The molecule has 1 aromatic carbocycles.